The number of rotatable bonds is 2. The maximum atomic E-state index is 11.9. The molecule has 1 rings (SSSR count). The summed E-state index contributed by atoms with van der Waals surface area (Å²) in [5.74, 6) is 0. The van der Waals surface area contributed by atoms with Crippen molar-refractivity contribution in [2.75, 3.05) is 0 Å². The average molecular weight is 260 g/mol. The monoisotopic (exact) mass is 260 g/mol. The van der Waals surface area contributed by atoms with Crippen LogP contribution in [0.1, 0.15) is 32.1 Å². The van der Waals surface area contributed by atoms with Gasteiger partial charge in [0.05, 0.1) is 0 Å². The molecule has 1 fully saturated rings. The summed E-state index contributed by atoms with van der Waals surface area (Å²) >= 11 is 2.20. The maximum absolute atomic E-state index is 11.9. The lowest BCUT2D eigenvalue weighted by Crippen LogP contribution is -2.18. The Morgan fingerprint density at radius 3 is 2.20 bits per heavy atom. The molecule has 0 spiro atoms. The third kappa shape index (κ3) is 2.32. The summed E-state index contributed by atoms with van der Waals surface area (Å²) in [6.45, 7) is 0. The molecule has 0 aromatic heterocycles. The molecular weight excluding hydrogens is 249 g/mol. The topological polar surface area (TPSA) is 0 Å². The van der Waals surface area contributed by atoms with Crippen LogP contribution in [0.25, 0.3) is 0 Å². The zero-order valence-corrected chi connectivity index (χ0v) is 7.90. The molecule has 0 aromatic carbocycles. The van der Waals surface area contributed by atoms with E-state index in [9.17, 15) is 8.78 Å². The highest BCUT2D eigenvalue weighted by atomic mass is 127. The predicted molar refractivity (Wildman–Crippen MR) is 45.8 cm³/mol. The van der Waals surface area contributed by atoms with Gasteiger partial charge in [0.2, 0.25) is 6.43 Å². The molecule has 0 unspecified atom stereocenters. The fourth-order valence-electron chi connectivity index (χ4n) is 1.49. The molecule has 0 nitrogen and oxygen atoms in total. The van der Waals surface area contributed by atoms with Crippen LogP contribution < -0.4 is 0 Å². The maximum Gasteiger partial charge on any atom is 0.239 e. The Hall–Kier alpha value is 0.590. The SMILES string of the molecule is FC(F)CC1(I)CCCC1. The quantitative estimate of drug-likeness (QED) is 0.527. The highest BCUT2D eigenvalue weighted by Crippen LogP contribution is 2.42. The van der Waals surface area contributed by atoms with E-state index in [0.717, 1.165) is 25.7 Å². The minimum atomic E-state index is -2.12. The van der Waals surface area contributed by atoms with Crippen molar-refractivity contribution >= 4 is 22.6 Å². The number of hydrogen-bond donors (Lipinski definition) is 0. The first-order valence-electron chi connectivity index (χ1n) is 3.59. The van der Waals surface area contributed by atoms with Crippen LogP contribution >= 0.6 is 22.6 Å². The van der Waals surface area contributed by atoms with Gasteiger partial charge in [-0.05, 0) is 12.8 Å². The number of alkyl halides is 3. The van der Waals surface area contributed by atoms with E-state index >= 15 is 0 Å². The van der Waals surface area contributed by atoms with Crippen molar-refractivity contribution < 1.29 is 8.78 Å². The average Bonchev–Trinajstić information content (AvgIpc) is 2.12. The van der Waals surface area contributed by atoms with Crippen LogP contribution in [0.4, 0.5) is 8.78 Å². The molecule has 1 saturated carbocycles. The minimum Gasteiger partial charge on any atom is -0.210 e. The first-order valence-corrected chi connectivity index (χ1v) is 4.67. The van der Waals surface area contributed by atoms with E-state index in [1.54, 1.807) is 0 Å². The normalized spacial score (nSPS) is 24.0. The van der Waals surface area contributed by atoms with E-state index < -0.39 is 6.43 Å². The Morgan fingerprint density at radius 1 is 1.30 bits per heavy atom. The summed E-state index contributed by atoms with van der Waals surface area (Å²) in [5, 5.41) is 0. The van der Waals surface area contributed by atoms with Crippen LogP contribution in [0.15, 0.2) is 0 Å². The third-order valence-corrected chi connectivity index (χ3v) is 3.54. The van der Waals surface area contributed by atoms with Gasteiger partial charge in [-0.3, -0.25) is 0 Å². The second kappa shape index (κ2) is 3.32. The number of hydrogen-bond acceptors (Lipinski definition) is 0. The Kier molecular flexibility index (Phi) is 2.89. The Bertz CT molecular complexity index is 108. The summed E-state index contributed by atoms with van der Waals surface area (Å²) in [6, 6.07) is 0. The molecule has 0 aliphatic heterocycles. The van der Waals surface area contributed by atoms with E-state index in [4.69, 9.17) is 0 Å². The van der Waals surface area contributed by atoms with Gasteiger partial charge in [-0.2, -0.15) is 0 Å². The fourth-order valence-corrected chi connectivity index (χ4v) is 2.58. The largest absolute Gasteiger partial charge is 0.239 e. The van der Waals surface area contributed by atoms with Gasteiger partial charge >= 0.3 is 0 Å². The van der Waals surface area contributed by atoms with Gasteiger partial charge in [-0.1, -0.05) is 35.4 Å². The highest BCUT2D eigenvalue weighted by Gasteiger charge is 2.33. The summed E-state index contributed by atoms with van der Waals surface area (Å²) in [5.41, 5.74) is 0. The molecule has 60 valence electrons. The van der Waals surface area contributed by atoms with Crippen molar-refractivity contribution in [2.45, 2.75) is 42.0 Å². The molecule has 0 atom stereocenters. The molecule has 0 saturated heterocycles. The summed E-state index contributed by atoms with van der Waals surface area (Å²) in [6.07, 6.45) is 2.21. The van der Waals surface area contributed by atoms with E-state index in [1.165, 1.54) is 0 Å². The van der Waals surface area contributed by atoms with Crippen LogP contribution in [-0.2, 0) is 0 Å². The van der Waals surface area contributed by atoms with Gasteiger partial charge < -0.3 is 0 Å². The van der Waals surface area contributed by atoms with Crippen molar-refractivity contribution in [3.8, 4) is 0 Å². The molecule has 0 bridgehead atoms. The van der Waals surface area contributed by atoms with Crippen LogP contribution in [0.3, 0.4) is 0 Å². The minimum absolute atomic E-state index is 0.0636. The fraction of sp³-hybridized carbons (Fsp3) is 1.00. The van der Waals surface area contributed by atoms with Crippen molar-refractivity contribution in [2.24, 2.45) is 0 Å². The molecule has 0 amide bonds. The Morgan fingerprint density at radius 2 is 1.80 bits per heavy atom. The zero-order valence-electron chi connectivity index (χ0n) is 5.75. The summed E-state index contributed by atoms with van der Waals surface area (Å²) in [7, 11) is 0. The van der Waals surface area contributed by atoms with Crippen LogP contribution in [-0.4, -0.2) is 9.85 Å². The molecule has 0 aromatic rings. The molecule has 0 N–H and O–H groups in total. The van der Waals surface area contributed by atoms with E-state index in [1.807, 2.05) is 0 Å². The second-order valence-electron chi connectivity index (χ2n) is 2.95. The molecule has 3 heteroatoms. The zero-order chi connectivity index (χ0) is 7.61. The Balaban J connectivity index is 2.36. The number of halogens is 3. The standard InChI is InChI=1S/C7H11F2I/c8-6(9)5-7(10)3-1-2-4-7/h6H,1-5H2. The third-order valence-electron chi connectivity index (χ3n) is 2.02. The van der Waals surface area contributed by atoms with E-state index in [-0.39, 0.29) is 9.84 Å². The van der Waals surface area contributed by atoms with Crippen LogP contribution in [0.5, 0.6) is 0 Å². The summed E-state index contributed by atoms with van der Waals surface area (Å²) < 4.78 is 23.8. The van der Waals surface area contributed by atoms with Crippen LogP contribution in [0.2, 0.25) is 0 Å². The van der Waals surface area contributed by atoms with E-state index in [2.05, 4.69) is 22.6 Å². The van der Waals surface area contributed by atoms with Gasteiger partial charge in [0.15, 0.2) is 0 Å². The molecular formula is C7H11F2I. The van der Waals surface area contributed by atoms with Crippen molar-refractivity contribution in [1.82, 2.24) is 0 Å². The van der Waals surface area contributed by atoms with Gasteiger partial charge in [-0.15, -0.1) is 0 Å². The smallest absolute Gasteiger partial charge is 0.210 e. The lowest BCUT2D eigenvalue weighted by atomic mass is 10.1. The molecule has 0 radical (unpaired) electrons. The Labute approximate surface area is 73.5 Å². The summed E-state index contributed by atoms with van der Waals surface area (Å²) in [4.78, 5) is 0. The first-order chi connectivity index (χ1) is 4.62. The van der Waals surface area contributed by atoms with Crippen molar-refractivity contribution in [3.63, 3.8) is 0 Å². The van der Waals surface area contributed by atoms with Crippen molar-refractivity contribution in [3.05, 3.63) is 0 Å². The van der Waals surface area contributed by atoms with Gasteiger partial charge in [0.25, 0.3) is 0 Å². The highest BCUT2D eigenvalue weighted by molar-refractivity contribution is 14.1. The lowest BCUT2D eigenvalue weighted by molar-refractivity contribution is 0.126. The molecule has 1 aliphatic carbocycles. The van der Waals surface area contributed by atoms with Crippen LogP contribution in [0, 0.1) is 0 Å². The van der Waals surface area contributed by atoms with Gasteiger partial charge in [0.1, 0.15) is 0 Å². The lowest BCUT2D eigenvalue weighted by Gasteiger charge is -2.19. The van der Waals surface area contributed by atoms with Gasteiger partial charge in [-0.25, -0.2) is 8.78 Å². The van der Waals surface area contributed by atoms with E-state index in [0.29, 0.717) is 0 Å². The molecule has 0 heterocycles. The molecule has 1 aliphatic rings. The second-order valence-corrected chi connectivity index (χ2v) is 5.24. The predicted octanol–water partition coefficient (Wildman–Crippen LogP) is 3.39. The molecule has 10 heavy (non-hydrogen) atoms. The van der Waals surface area contributed by atoms with Crippen molar-refractivity contribution in [1.29, 1.82) is 0 Å². The first kappa shape index (κ1) is 8.68. The van der Waals surface area contributed by atoms with Gasteiger partial charge in [0, 0.05) is 9.84 Å².